The number of rotatable bonds is 4. The quantitative estimate of drug-likeness (QED) is 0.454. The normalized spacial score (nSPS) is 17.4. The Bertz CT molecular complexity index is 1360. The van der Waals surface area contributed by atoms with Gasteiger partial charge in [0, 0.05) is 66.6 Å². The van der Waals surface area contributed by atoms with Crippen molar-refractivity contribution in [3.05, 3.63) is 77.7 Å². The summed E-state index contributed by atoms with van der Waals surface area (Å²) in [5.74, 6) is -0.214. The van der Waals surface area contributed by atoms with Gasteiger partial charge in [-0.3, -0.25) is 19.4 Å². The average molecular weight is 476 g/mol. The first-order valence-electron chi connectivity index (χ1n) is 11.2. The molecular formula is C25H22FN5O2S. The molecule has 2 aliphatic heterocycles. The predicted molar refractivity (Wildman–Crippen MR) is 129 cm³/mol. The van der Waals surface area contributed by atoms with Gasteiger partial charge in [-0.05, 0) is 48.5 Å². The minimum atomic E-state index is -0.272. The van der Waals surface area contributed by atoms with Crippen LogP contribution in [0.2, 0.25) is 0 Å². The van der Waals surface area contributed by atoms with E-state index < -0.39 is 0 Å². The molecule has 7 nitrogen and oxygen atoms in total. The van der Waals surface area contributed by atoms with Crippen molar-refractivity contribution in [2.75, 3.05) is 37.6 Å². The van der Waals surface area contributed by atoms with Gasteiger partial charge in [-0.15, -0.1) is 11.3 Å². The van der Waals surface area contributed by atoms with Gasteiger partial charge in [-0.1, -0.05) is 0 Å². The molecule has 0 bridgehead atoms. The highest BCUT2D eigenvalue weighted by Crippen LogP contribution is 2.26. The number of carbonyl (C=O) groups excluding carboxylic acids is 2. The Morgan fingerprint density at radius 3 is 2.62 bits per heavy atom. The number of likely N-dealkylation sites (tertiary alicyclic amines) is 1. The van der Waals surface area contributed by atoms with E-state index in [0.29, 0.717) is 31.7 Å². The number of amides is 2. The molecule has 2 aliphatic rings. The van der Waals surface area contributed by atoms with E-state index >= 15 is 0 Å². The fourth-order valence-electron chi connectivity index (χ4n) is 4.69. The van der Waals surface area contributed by atoms with Crippen molar-refractivity contribution in [2.45, 2.75) is 6.04 Å². The summed E-state index contributed by atoms with van der Waals surface area (Å²) in [5.41, 5.74) is 2.47. The molecule has 0 radical (unpaired) electrons. The van der Waals surface area contributed by atoms with E-state index in [-0.39, 0.29) is 23.7 Å². The van der Waals surface area contributed by atoms with E-state index in [4.69, 9.17) is 0 Å². The number of nitrogens with zero attached hydrogens (tertiary/aromatic N) is 5. The molecule has 0 aliphatic carbocycles. The third-order valence-electron chi connectivity index (χ3n) is 6.61. The number of benzene rings is 2. The number of piperazine rings is 1. The third kappa shape index (κ3) is 3.66. The molecular weight excluding hydrogens is 453 g/mol. The molecule has 2 saturated heterocycles. The molecule has 0 unspecified atom stereocenters. The summed E-state index contributed by atoms with van der Waals surface area (Å²) < 4.78 is 15.2. The van der Waals surface area contributed by atoms with Crippen LogP contribution >= 0.6 is 11.3 Å². The van der Waals surface area contributed by atoms with Crippen molar-refractivity contribution in [1.29, 1.82) is 0 Å². The molecule has 0 atom stereocenters. The lowest BCUT2D eigenvalue weighted by Gasteiger charge is -2.47. The van der Waals surface area contributed by atoms with Gasteiger partial charge in [0.1, 0.15) is 5.82 Å². The largest absolute Gasteiger partial charge is 0.335 e. The Hall–Kier alpha value is -3.56. The summed E-state index contributed by atoms with van der Waals surface area (Å²) >= 11 is 1.47. The second kappa shape index (κ2) is 8.34. The highest BCUT2D eigenvalue weighted by Gasteiger charge is 2.38. The van der Waals surface area contributed by atoms with E-state index in [9.17, 15) is 14.0 Å². The van der Waals surface area contributed by atoms with Gasteiger partial charge < -0.3 is 9.47 Å². The molecule has 0 spiro atoms. The average Bonchev–Trinajstić information content (AvgIpc) is 3.48. The number of anilines is 1. The molecule has 2 aromatic heterocycles. The van der Waals surface area contributed by atoms with Crippen molar-refractivity contribution in [2.24, 2.45) is 0 Å². The van der Waals surface area contributed by atoms with Gasteiger partial charge in [0.05, 0.1) is 12.1 Å². The van der Waals surface area contributed by atoms with Crippen molar-refractivity contribution in [3.8, 4) is 5.69 Å². The van der Waals surface area contributed by atoms with Crippen molar-refractivity contribution in [1.82, 2.24) is 19.4 Å². The Labute approximate surface area is 199 Å². The molecule has 4 heterocycles. The van der Waals surface area contributed by atoms with Crippen LogP contribution in [0.15, 0.2) is 66.3 Å². The van der Waals surface area contributed by atoms with Gasteiger partial charge in [-0.25, -0.2) is 9.37 Å². The Morgan fingerprint density at radius 2 is 1.88 bits per heavy atom. The van der Waals surface area contributed by atoms with Crippen molar-refractivity contribution < 1.29 is 14.0 Å². The third-order valence-corrected chi connectivity index (χ3v) is 7.40. The fraction of sp³-hybridized carbons (Fsp3) is 0.240. The molecule has 172 valence electrons. The van der Waals surface area contributed by atoms with Crippen LogP contribution in [0.5, 0.6) is 0 Å². The van der Waals surface area contributed by atoms with Crippen LogP contribution in [0.4, 0.5) is 9.52 Å². The number of carbonyl (C=O) groups is 2. The van der Waals surface area contributed by atoms with Gasteiger partial charge in [-0.2, -0.15) is 0 Å². The van der Waals surface area contributed by atoms with Gasteiger partial charge in [0.2, 0.25) is 5.91 Å². The Kier molecular flexibility index (Phi) is 5.15. The van der Waals surface area contributed by atoms with E-state index in [1.165, 1.54) is 23.5 Å². The maximum atomic E-state index is 13.3. The van der Waals surface area contributed by atoms with Gasteiger partial charge in [0.25, 0.3) is 5.91 Å². The number of thiazole rings is 1. The first-order chi connectivity index (χ1) is 16.6. The highest BCUT2D eigenvalue weighted by atomic mass is 32.1. The number of hydrogen-bond acceptors (Lipinski definition) is 5. The topological polar surface area (TPSA) is 61.7 Å². The van der Waals surface area contributed by atoms with Crippen LogP contribution in [-0.2, 0) is 4.79 Å². The molecule has 2 aromatic carbocycles. The Balaban J connectivity index is 1.10. The number of hydrogen-bond donors (Lipinski definition) is 0. The van der Waals surface area contributed by atoms with Crippen LogP contribution in [-0.4, -0.2) is 69.9 Å². The monoisotopic (exact) mass is 475 g/mol. The lowest BCUT2D eigenvalue weighted by atomic mass is 10.0. The van der Waals surface area contributed by atoms with Gasteiger partial charge >= 0.3 is 0 Å². The number of fused-ring (bicyclic) bond motifs is 1. The van der Waals surface area contributed by atoms with E-state index in [1.54, 1.807) is 23.2 Å². The van der Waals surface area contributed by atoms with Crippen molar-refractivity contribution >= 4 is 39.2 Å². The fourth-order valence-corrected chi connectivity index (χ4v) is 5.38. The molecule has 6 rings (SSSR count). The van der Waals surface area contributed by atoms with Crippen LogP contribution in [0, 0.1) is 5.82 Å². The molecule has 0 saturated carbocycles. The summed E-state index contributed by atoms with van der Waals surface area (Å²) in [6.45, 7) is 3.00. The second-order valence-corrected chi connectivity index (χ2v) is 9.50. The summed E-state index contributed by atoms with van der Waals surface area (Å²) in [7, 11) is 0. The van der Waals surface area contributed by atoms with Crippen molar-refractivity contribution in [3.63, 3.8) is 0 Å². The summed E-state index contributed by atoms with van der Waals surface area (Å²) in [6.07, 6.45) is 3.64. The first-order valence-corrected chi connectivity index (χ1v) is 12.0. The smallest absolute Gasteiger partial charge is 0.253 e. The molecule has 9 heteroatoms. The van der Waals surface area contributed by atoms with Crippen LogP contribution in [0.1, 0.15) is 10.4 Å². The van der Waals surface area contributed by atoms with Crippen LogP contribution < -0.4 is 4.90 Å². The summed E-state index contributed by atoms with van der Waals surface area (Å²) in [4.78, 5) is 35.6. The maximum absolute atomic E-state index is 13.3. The molecule has 2 fully saturated rings. The standard InChI is InChI=1S/C25H22FN5O2S/c26-19-2-4-20(5-3-19)30-9-7-17-13-18(1-6-22(17)30)24(33)29-14-21(15-29)28-10-11-31(23(32)16-28)25-27-8-12-34-25/h1-9,12-13,21H,10-11,14-16H2. The molecule has 0 N–H and O–H groups in total. The highest BCUT2D eigenvalue weighted by molar-refractivity contribution is 7.13. The Morgan fingerprint density at radius 1 is 1.06 bits per heavy atom. The lowest BCUT2D eigenvalue weighted by molar-refractivity contribution is -0.123. The number of aromatic nitrogens is 2. The second-order valence-electron chi connectivity index (χ2n) is 8.63. The zero-order chi connectivity index (χ0) is 23.2. The van der Waals surface area contributed by atoms with Gasteiger partial charge in [0.15, 0.2) is 5.13 Å². The molecule has 4 aromatic rings. The predicted octanol–water partition coefficient (Wildman–Crippen LogP) is 3.40. The zero-order valence-corrected chi connectivity index (χ0v) is 19.1. The van der Waals surface area contributed by atoms with Crippen LogP contribution in [0.3, 0.4) is 0 Å². The molecule has 34 heavy (non-hydrogen) atoms. The molecule has 2 amide bonds. The minimum absolute atomic E-state index is 0.000398. The lowest BCUT2D eigenvalue weighted by Crippen LogP contribution is -2.65. The van der Waals surface area contributed by atoms with E-state index in [0.717, 1.165) is 28.3 Å². The maximum Gasteiger partial charge on any atom is 0.253 e. The first kappa shape index (κ1) is 21.0. The van der Waals surface area contributed by atoms with E-state index in [1.807, 2.05) is 45.3 Å². The summed E-state index contributed by atoms with van der Waals surface area (Å²) in [6, 6.07) is 14.2. The SMILES string of the molecule is O=C(c1ccc2c(ccn2-c2ccc(F)cc2)c1)N1CC(N2CCN(c3nccs3)C(=O)C2)C1. The zero-order valence-electron chi connectivity index (χ0n) is 18.3. The van der Waals surface area contributed by atoms with E-state index in [2.05, 4.69) is 9.88 Å². The summed E-state index contributed by atoms with van der Waals surface area (Å²) in [5, 5.41) is 3.58. The minimum Gasteiger partial charge on any atom is -0.335 e. The van der Waals surface area contributed by atoms with Crippen LogP contribution in [0.25, 0.3) is 16.6 Å². The number of halogens is 1.